The fraction of sp³-hybridized carbons (Fsp3) is 0.750. The number of rotatable bonds is 6. The van der Waals surface area contributed by atoms with Crippen LogP contribution >= 0.6 is 0 Å². The third-order valence-corrected chi connectivity index (χ3v) is 2.83. The normalized spacial score (nSPS) is 18.0. The van der Waals surface area contributed by atoms with Crippen LogP contribution in [0.5, 0.6) is 0 Å². The van der Waals surface area contributed by atoms with Crippen molar-refractivity contribution in [2.24, 2.45) is 5.92 Å². The average Bonchev–Trinajstić information content (AvgIpc) is 2.91. The van der Waals surface area contributed by atoms with Crippen molar-refractivity contribution in [2.45, 2.75) is 45.6 Å². The monoisotopic (exact) mass is 208 g/mol. The summed E-state index contributed by atoms with van der Waals surface area (Å²) in [4.78, 5) is 4.32. The molecule has 1 aromatic heterocycles. The highest BCUT2D eigenvalue weighted by Crippen LogP contribution is 2.32. The van der Waals surface area contributed by atoms with Gasteiger partial charge in [0.2, 0.25) is 5.89 Å². The molecule has 0 aliphatic heterocycles. The summed E-state index contributed by atoms with van der Waals surface area (Å²) in [6.07, 6.45) is 6.82. The molecule has 1 aromatic rings. The van der Waals surface area contributed by atoms with E-state index in [1.165, 1.54) is 12.8 Å². The van der Waals surface area contributed by atoms with Gasteiger partial charge in [-0.1, -0.05) is 6.92 Å². The Kier molecular flexibility index (Phi) is 3.41. The molecule has 0 aromatic carbocycles. The van der Waals surface area contributed by atoms with Gasteiger partial charge in [-0.05, 0) is 38.6 Å². The zero-order valence-electron chi connectivity index (χ0n) is 9.62. The Morgan fingerprint density at radius 3 is 3.07 bits per heavy atom. The van der Waals surface area contributed by atoms with E-state index >= 15 is 0 Å². The minimum Gasteiger partial charge on any atom is -0.444 e. The van der Waals surface area contributed by atoms with E-state index in [0.717, 1.165) is 37.0 Å². The smallest absolute Gasteiger partial charge is 0.211 e. The molecule has 1 N–H and O–H groups in total. The number of hydrogen-bond acceptors (Lipinski definition) is 3. The van der Waals surface area contributed by atoms with Crippen molar-refractivity contribution < 1.29 is 4.42 Å². The van der Waals surface area contributed by atoms with Gasteiger partial charge >= 0.3 is 0 Å². The molecule has 1 heterocycles. The maximum absolute atomic E-state index is 5.72. The maximum atomic E-state index is 5.72. The second-order valence-corrected chi connectivity index (χ2v) is 4.49. The van der Waals surface area contributed by atoms with Crippen molar-refractivity contribution in [3.8, 4) is 0 Å². The lowest BCUT2D eigenvalue weighted by Crippen LogP contribution is -2.19. The van der Waals surface area contributed by atoms with Crippen molar-refractivity contribution in [1.82, 2.24) is 10.3 Å². The zero-order chi connectivity index (χ0) is 10.7. The van der Waals surface area contributed by atoms with Gasteiger partial charge < -0.3 is 9.73 Å². The fourth-order valence-electron chi connectivity index (χ4n) is 1.67. The van der Waals surface area contributed by atoms with E-state index < -0.39 is 0 Å². The molecule has 1 aliphatic rings. The van der Waals surface area contributed by atoms with Crippen molar-refractivity contribution in [3.05, 3.63) is 17.8 Å². The summed E-state index contributed by atoms with van der Waals surface area (Å²) < 4.78 is 5.72. The van der Waals surface area contributed by atoms with Crippen LogP contribution in [0.3, 0.4) is 0 Å². The Hall–Kier alpha value is -0.830. The third kappa shape index (κ3) is 3.06. The highest BCUT2D eigenvalue weighted by molar-refractivity contribution is 5.00. The molecule has 0 amide bonds. The van der Waals surface area contributed by atoms with Crippen LogP contribution in [0.2, 0.25) is 0 Å². The van der Waals surface area contributed by atoms with Gasteiger partial charge in [0.15, 0.2) is 0 Å². The Balaban J connectivity index is 1.86. The summed E-state index contributed by atoms with van der Waals surface area (Å²) in [5.74, 6) is 2.75. The van der Waals surface area contributed by atoms with Gasteiger partial charge in [0.25, 0.3) is 0 Å². The summed E-state index contributed by atoms with van der Waals surface area (Å²) in [5, 5.41) is 3.37. The third-order valence-electron chi connectivity index (χ3n) is 2.83. The molecule has 1 unspecified atom stereocenters. The molecule has 2 rings (SSSR count). The van der Waals surface area contributed by atoms with Crippen LogP contribution in [-0.4, -0.2) is 11.5 Å². The molecule has 0 spiro atoms. The van der Waals surface area contributed by atoms with E-state index in [0.29, 0.717) is 0 Å². The molecule has 3 nitrogen and oxygen atoms in total. The Labute approximate surface area is 91.3 Å². The molecule has 1 saturated carbocycles. The van der Waals surface area contributed by atoms with Crippen LogP contribution in [0.4, 0.5) is 0 Å². The largest absolute Gasteiger partial charge is 0.444 e. The number of hydrogen-bond donors (Lipinski definition) is 1. The minimum atomic E-state index is 0.234. The standard InChI is InChI=1S/C12H20N2O/c1-3-6-13-9(2)12-14-8-11(15-12)7-10-4-5-10/h8-10,13H,3-7H2,1-2H3. The molecule has 1 aliphatic carbocycles. The summed E-state index contributed by atoms with van der Waals surface area (Å²) in [6.45, 7) is 5.28. The summed E-state index contributed by atoms with van der Waals surface area (Å²) in [6, 6.07) is 0.234. The average molecular weight is 208 g/mol. The second-order valence-electron chi connectivity index (χ2n) is 4.49. The molecule has 15 heavy (non-hydrogen) atoms. The summed E-state index contributed by atoms with van der Waals surface area (Å²) in [7, 11) is 0. The van der Waals surface area contributed by atoms with Crippen LogP contribution in [0.1, 0.15) is 50.8 Å². The van der Waals surface area contributed by atoms with Crippen LogP contribution in [-0.2, 0) is 6.42 Å². The van der Waals surface area contributed by atoms with Crippen molar-refractivity contribution in [3.63, 3.8) is 0 Å². The van der Waals surface area contributed by atoms with E-state index in [2.05, 4.69) is 24.1 Å². The van der Waals surface area contributed by atoms with Crippen molar-refractivity contribution in [1.29, 1.82) is 0 Å². The van der Waals surface area contributed by atoms with Gasteiger partial charge in [-0.15, -0.1) is 0 Å². The quantitative estimate of drug-likeness (QED) is 0.781. The van der Waals surface area contributed by atoms with Crippen LogP contribution in [0.25, 0.3) is 0 Å². The lowest BCUT2D eigenvalue weighted by molar-refractivity contribution is 0.391. The highest BCUT2D eigenvalue weighted by atomic mass is 16.4. The highest BCUT2D eigenvalue weighted by Gasteiger charge is 2.23. The lowest BCUT2D eigenvalue weighted by atomic mass is 10.2. The number of aromatic nitrogens is 1. The number of nitrogens with zero attached hydrogens (tertiary/aromatic N) is 1. The summed E-state index contributed by atoms with van der Waals surface area (Å²) >= 11 is 0. The van der Waals surface area contributed by atoms with E-state index in [9.17, 15) is 0 Å². The van der Waals surface area contributed by atoms with Gasteiger partial charge in [-0.25, -0.2) is 4.98 Å². The SMILES string of the molecule is CCCNC(C)c1ncc(CC2CC2)o1. The molecule has 0 saturated heterocycles. The van der Waals surface area contributed by atoms with Gasteiger partial charge in [0.05, 0.1) is 12.2 Å². The first-order valence-corrected chi connectivity index (χ1v) is 5.97. The molecule has 1 atom stereocenters. The Morgan fingerprint density at radius 2 is 2.40 bits per heavy atom. The first-order chi connectivity index (χ1) is 7.29. The van der Waals surface area contributed by atoms with E-state index in [-0.39, 0.29) is 6.04 Å². The number of oxazole rings is 1. The maximum Gasteiger partial charge on any atom is 0.211 e. The van der Waals surface area contributed by atoms with E-state index in [1.54, 1.807) is 0 Å². The van der Waals surface area contributed by atoms with E-state index in [1.807, 2.05) is 6.20 Å². The molecule has 0 radical (unpaired) electrons. The van der Waals surface area contributed by atoms with Crippen molar-refractivity contribution >= 4 is 0 Å². The van der Waals surface area contributed by atoms with Crippen LogP contribution < -0.4 is 5.32 Å². The van der Waals surface area contributed by atoms with Crippen LogP contribution in [0.15, 0.2) is 10.6 Å². The van der Waals surface area contributed by atoms with Crippen molar-refractivity contribution in [2.75, 3.05) is 6.54 Å². The minimum absolute atomic E-state index is 0.234. The number of nitrogens with one attached hydrogen (secondary N) is 1. The molecular formula is C12H20N2O. The molecule has 3 heteroatoms. The second kappa shape index (κ2) is 4.79. The summed E-state index contributed by atoms with van der Waals surface area (Å²) in [5.41, 5.74) is 0. The van der Waals surface area contributed by atoms with Gasteiger partial charge in [0, 0.05) is 6.42 Å². The predicted octanol–water partition coefficient (Wildman–Crippen LogP) is 2.69. The zero-order valence-corrected chi connectivity index (χ0v) is 9.62. The Bertz CT molecular complexity index is 304. The van der Waals surface area contributed by atoms with Gasteiger partial charge in [0.1, 0.15) is 5.76 Å². The predicted molar refractivity (Wildman–Crippen MR) is 59.6 cm³/mol. The molecule has 84 valence electrons. The fourth-order valence-corrected chi connectivity index (χ4v) is 1.67. The molecule has 0 bridgehead atoms. The molecular weight excluding hydrogens is 188 g/mol. The topological polar surface area (TPSA) is 38.1 Å². The lowest BCUT2D eigenvalue weighted by Gasteiger charge is -2.08. The first kappa shape index (κ1) is 10.7. The van der Waals surface area contributed by atoms with E-state index in [4.69, 9.17) is 4.42 Å². The van der Waals surface area contributed by atoms with Crippen LogP contribution in [0, 0.1) is 5.92 Å². The van der Waals surface area contributed by atoms with Gasteiger partial charge in [-0.2, -0.15) is 0 Å². The Morgan fingerprint density at radius 1 is 1.60 bits per heavy atom. The first-order valence-electron chi connectivity index (χ1n) is 5.97. The van der Waals surface area contributed by atoms with Gasteiger partial charge in [-0.3, -0.25) is 0 Å². The molecule has 1 fully saturated rings.